The molecule has 1 amide bonds. The normalized spacial score (nSPS) is 14.5. The zero-order valence-electron chi connectivity index (χ0n) is 15.7. The Hall–Kier alpha value is -3.60. The minimum Gasteiger partial charge on any atom is -0.476 e. The lowest BCUT2D eigenvalue weighted by Crippen LogP contribution is -2.25. The van der Waals surface area contributed by atoms with E-state index >= 15 is 0 Å². The molecule has 1 saturated carbocycles. The molecular formula is C24H20N2O3. The van der Waals surface area contributed by atoms with Crippen molar-refractivity contribution in [1.82, 2.24) is 4.98 Å². The summed E-state index contributed by atoms with van der Waals surface area (Å²) in [5.41, 5.74) is 2.94. The Morgan fingerprint density at radius 2 is 1.72 bits per heavy atom. The Balaban J connectivity index is 1.40. The minimum absolute atomic E-state index is 0.245. The van der Waals surface area contributed by atoms with Crippen LogP contribution in [-0.4, -0.2) is 10.9 Å². The molecule has 5 heteroatoms. The number of aromatic nitrogens is 1. The molecule has 4 aromatic rings. The number of nitrogens with zero attached hydrogens (tertiary/aromatic N) is 1. The predicted molar refractivity (Wildman–Crippen MR) is 111 cm³/mol. The van der Waals surface area contributed by atoms with Crippen LogP contribution in [0.4, 0.5) is 5.69 Å². The van der Waals surface area contributed by atoms with Crippen LogP contribution in [0.25, 0.3) is 11.1 Å². The largest absolute Gasteiger partial charge is 0.476 e. The molecule has 1 heterocycles. The Labute approximate surface area is 168 Å². The predicted octanol–water partition coefficient (Wildman–Crippen LogP) is 5.46. The van der Waals surface area contributed by atoms with Gasteiger partial charge in [0.25, 0.3) is 5.91 Å². The van der Waals surface area contributed by atoms with Crippen molar-refractivity contribution < 1.29 is 13.9 Å². The van der Waals surface area contributed by atoms with Crippen molar-refractivity contribution in [2.75, 3.05) is 5.32 Å². The summed E-state index contributed by atoms with van der Waals surface area (Å²) in [4.78, 5) is 17.7. The van der Waals surface area contributed by atoms with Gasteiger partial charge in [0.1, 0.15) is 11.3 Å². The van der Waals surface area contributed by atoms with Crippen LogP contribution >= 0.6 is 0 Å². The zero-order chi connectivity index (χ0) is 19.6. The van der Waals surface area contributed by atoms with E-state index in [2.05, 4.69) is 10.3 Å². The number of nitrogens with one attached hydrogen (secondary N) is 1. The van der Waals surface area contributed by atoms with Crippen LogP contribution < -0.4 is 10.1 Å². The van der Waals surface area contributed by atoms with Crippen molar-refractivity contribution in [3.05, 3.63) is 90.3 Å². The van der Waals surface area contributed by atoms with Crippen LogP contribution in [0, 0.1) is 0 Å². The maximum absolute atomic E-state index is 13.1. The summed E-state index contributed by atoms with van der Waals surface area (Å²) >= 11 is 0. The van der Waals surface area contributed by atoms with E-state index in [0.29, 0.717) is 17.4 Å². The van der Waals surface area contributed by atoms with E-state index in [9.17, 15) is 4.79 Å². The molecule has 1 fully saturated rings. The minimum atomic E-state index is -0.770. The van der Waals surface area contributed by atoms with Gasteiger partial charge in [-0.05, 0) is 43.2 Å². The molecule has 1 aliphatic rings. The molecule has 3 aromatic carbocycles. The van der Waals surface area contributed by atoms with Gasteiger partial charge in [-0.2, -0.15) is 0 Å². The van der Waals surface area contributed by atoms with E-state index in [0.717, 1.165) is 35.4 Å². The summed E-state index contributed by atoms with van der Waals surface area (Å²) in [6, 6.07) is 24.3. The summed E-state index contributed by atoms with van der Waals surface area (Å²) in [5.74, 6) is 1.63. The summed E-state index contributed by atoms with van der Waals surface area (Å²) in [5, 5.41) is 2.96. The summed E-state index contributed by atoms with van der Waals surface area (Å²) in [6.45, 7) is 0. The smallest absolute Gasteiger partial charge is 0.270 e. The molecule has 1 aromatic heterocycles. The van der Waals surface area contributed by atoms with E-state index in [1.165, 1.54) is 0 Å². The second kappa shape index (κ2) is 7.43. The highest BCUT2D eigenvalue weighted by Gasteiger charge is 2.29. The van der Waals surface area contributed by atoms with Gasteiger partial charge in [0.05, 0.1) is 0 Å². The first kappa shape index (κ1) is 17.5. The van der Waals surface area contributed by atoms with Gasteiger partial charge in [-0.25, -0.2) is 4.98 Å². The van der Waals surface area contributed by atoms with Crippen molar-refractivity contribution in [1.29, 1.82) is 0 Å². The highest BCUT2D eigenvalue weighted by molar-refractivity contribution is 5.96. The number of anilines is 1. The van der Waals surface area contributed by atoms with Crippen molar-refractivity contribution in [2.45, 2.75) is 24.9 Å². The molecule has 1 aliphatic carbocycles. The summed E-state index contributed by atoms with van der Waals surface area (Å²) < 4.78 is 11.8. The lowest BCUT2D eigenvalue weighted by atomic mass is 10.1. The zero-order valence-corrected chi connectivity index (χ0v) is 15.7. The second-order valence-corrected chi connectivity index (χ2v) is 7.22. The lowest BCUT2D eigenvalue weighted by Gasteiger charge is -2.19. The van der Waals surface area contributed by atoms with Crippen LogP contribution in [0.5, 0.6) is 5.75 Å². The number of ether oxygens (including phenoxy) is 1. The molecule has 0 radical (unpaired) electrons. The fourth-order valence-corrected chi connectivity index (χ4v) is 3.27. The highest BCUT2D eigenvalue weighted by Crippen LogP contribution is 2.40. The Morgan fingerprint density at radius 3 is 2.45 bits per heavy atom. The molecular weight excluding hydrogens is 364 g/mol. The molecule has 144 valence electrons. The lowest BCUT2D eigenvalue weighted by molar-refractivity contribution is -0.123. The van der Waals surface area contributed by atoms with Crippen LogP contribution in [0.1, 0.15) is 36.3 Å². The first-order valence-electron chi connectivity index (χ1n) is 9.74. The topological polar surface area (TPSA) is 64.4 Å². The molecule has 1 unspecified atom stereocenters. The summed E-state index contributed by atoms with van der Waals surface area (Å²) in [7, 11) is 0. The van der Waals surface area contributed by atoms with Crippen molar-refractivity contribution in [2.24, 2.45) is 0 Å². The molecule has 0 saturated heterocycles. The van der Waals surface area contributed by atoms with E-state index in [4.69, 9.17) is 9.15 Å². The average molecular weight is 384 g/mol. The van der Waals surface area contributed by atoms with Gasteiger partial charge in [0.15, 0.2) is 11.5 Å². The third-order valence-corrected chi connectivity index (χ3v) is 4.94. The van der Waals surface area contributed by atoms with Gasteiger partial charge in [0.2, 0.25) is 6.10 Å². The quantitative estimate of drug-likeness (QED) is 0.479. The standard InChI is InChI=1S/C24H20N2O3/c27-23(22(16-7-3-1-4-8-16)28-19-9-5-2-6-10-19)25-18-13-14-21-20(15-18)26-24(29-21)17-11-12-17/h1-10,13-15,17,22H,11-12H2,(H,25,27). The number of carbonyl (C=O) groups is 1. The van der Waals surface area contributed by atoms with Crippen LogP contribution in [0.3, 0.4) is 0 Å². The maximum atomic E-state index is 13.1. The molecule has 29 heavy (non-hydrogen) atoms. The fraction of sp³-hybridized carbons (Fsp3) is 0.167. The first-order valence-corrected chi connectivity index (χ1v) is 9.74. The number of oxazole rings is 1. The van der Waals surface area contributed by atoms with E-state index in [1.54, 1.807) is 0 Å². The number of carbonyl (C=O) groups excluding carboxylic acids is 1. The number of hydrogen-bond donors (Lipinski definition) is 1. The number of para-hydroxylation sites is 1. The van der Waals surface area contributed by atoms with Gasteiger partial charge < -0.3 is 14.5 Å². The molecule has 1 atom stereocenters. The molecule has 1 N–H and O–H groups in total. The Bertz CT molecular complexity index is 1130. The van der Waals surface area contributed by atoms with Gasteiger partial charge in [-0.15, -0.1) is 0 Å². The monoisotopic (exact) mass is 384 g/mol. The number of hydrogen-bond acceptors (Lipinski definition) is 4. The maximum Gasteiger partial charge on any atom is 0.270 e. The third kappa shape index (κ3) is 3.85. The van der Waals surface area contributed by atoms with Gasteiger partial charge in [-0.1, -0.05) is 48.5 Å². The van der Waals surface area contributed by atoms with Crippen LogP contribution in [0.2, 0.25) is 0 Å². The van der Waals surface area contributed by atoms with Gasteiger partial charge >= 0.3 is 0 Å². The first-order chi connectivity index (χ1) is 14.3. The van der Waals surface area contributed by atoms with E-state index in [-0.39, 0.29) is 5.91 Å². The molecule has 0 aliphatic heterocycles. The third-order valence-electron chi connectivity index (χ3n) is 4.94. The van der Waals surface area contributed by atoms with Gasteiger partial charge in [-0.3, -0.25) is 4.79 Å². The van der Waals surface area contributed by atoms with Crippen molar-refractivity contribution >= 4 is 22.7 Å². The van der Waals surface area contributed by atoms with Crippen molar-refractivity contribution in [3.63, 3.8) is 0 Å². The summed E-state index contributed by atoms with van der Waals surface area (Å²) in [6.07, 6.45) is 1.49. The fourth-order valence-electron chi connectivity index (χ4n) is 3.27. The van der Waals surface area contributed by atoms with E-state index < -0.39 is 6.10 Å². The number of fused-ring (bicyclic) bond motifs is 1. The number of rotatable bonds is 6. The van der Waals surface area contributed by atoms with Crippen LogP contribution in [0.15, 0.2) is 83.3 Å². The van der Waals surface area contributed by atoms with Crippen LogP contribution in [-0.2, 0) is 4.79 Å². The van der Waals surface area contributed by atoms with E-state index in [1.807, 2.05) is 78.9 Å². The van der Waals surface area contributed by atoms with Crippen molar-refractivity contribution in [3.8, 4) is 5.75 Å². The second-order valence-electron chi connectivity index (χ2n) is 7.22. The average Bonchev–Trinajstić information content (AvgIpc) is 3.52. The highest BCUT2D eigenvalue weighted by atomic mass is 16.5. The molecule has 0 spiro atoms. The number of benzene rings is 3. The molecule has 5 nitrogen and oxygen atoms in total. The number of amides is 1. The Kier molecular flexibility index (Phi) is 4.48. The SMILES string of the molecule is O=C(Nc1ccc2oc(C3CC3)nc2c1)C(Oc1ccccc1)c1ccccc1. The van der Waals surface area contributed by atoms with Gasteiger partial charge in [0, 0.05) is 17.2 Å². The molecule has 5 rings (SSSR count). The molecule has 0 bridgehead atoms. The Morgan fingerprint density at radius 1 is 1.00 bits per heavy atom.